The lowest BCUT2D eigenvalue weighted by atomic mass is 10.1. The van der Waals surface area contributed by atoms with Gasteiger partial charge in [0.05, 0.1) is 11.5 Å². The SMILES string of the molecule is CC(CN(C(=O)c1ccccc1Br)C1CC1)C(=O)O. The van der Waals surface area contributed by atoms with Gasteiger partial charge in [0, 0.05) is 17.1 Å². The molecule has 0 radical (unpaired) electrons. The van der Waals surface area contributed by atoms with E-state index in [4.69, 9.17) is 5.11 Å². The number of aliphatic carboxylic acids is 1. The second-order valence-electron chi connectivity index (χ2n) is 4.91. The summed E-state index contributed by atoms with van der Waals surface area (Å²) in [4.78, 5) is 25.2. The van der Waals surface area contributed by atoms with Crippen molar-refractivity contribution < 1.29 is 14.7 Å². The van der Waals surface area contributed by atoms with Crippen LogP contribution in [0.1, 0.15) is 30.1 Å². The lowest BCUT2D eigenvalue weighted by molar-refractivity contribution is -0.141. The predicted molar refractivity (Wildman–Crippen MR) is 75.0 cm³/mol. The van der Waals surface area contributed by atoms with Crippen LogP contribution >= 0.6 is 15.9 Å². The van der Waals surface area contributed by atoms with Crippen molar-refractivity contribution in [3.05, 3.63) is 34.3 Å². The molecule has 0 aromatic heterocycles. The minimum Gasteiger partial charge on any atom is -0.481 e. The Balaban J connectivity index is 2.18. The number of carbonyl (C=O) groups is 2. The predicted octanol–water partition coefficient (Wildman–Crippen LogP) is 2.77. The van der Waals surface area contributed by atoms with Crippen molar-refractivity contribution in [1.82, 2.24) is 4.90 Å². The van der Waals surface area contributed by atoms with E-state index in [1.807, 2.05) is 18.2 Å². The quantitative estimate of drug-likeness (QED) is 0.905. The van der Waals surface area contributed by atoms with Crippen molar-refractivity contribution in [3.63, 3.8) is 0 Å². The molecule has 19 heavy (non-hydrogen) atoms. The number of hydrogen-bond acceptors (Lipinski definition) is 2. The minimum atomic E-state index is -0.870. The number of rotatable bonds is 5. The van der Waals surface area contributed by atoms with Crippen LogP contribution in [0.3, 0.4) is 0 Å². The second-order valence-corrected chi connectivity index (χ2v) is 5.76. The number of amides is 1. The Hall–Kier alpha value is -1.36. The maximum atomic E-state index is 12.5. The van der Waals surface area contributed by atoms with Crippen LogP contribution in [0.2, 0.25) is 0 Å². The van der Waals surface area contributed by atoms with Crippen LogP contribution in [-0.4, -0.2) is 34.5 Å². The normalized spacial score (nSPS) is 15.9. The van der Waals surface area contributed by atoms with E-state index in [1.165, 1.54) is 0 Å². The summed E-state index contributed by atoms with van der Waals surface area (Å²) < 4.78 is 0.744. The van der Waals surface area contributed by atoms with Gasteiger partial charge in [-0.1, -0.05) is 19.1 Å². The molecule has 1 atom stereocenters. The molecule has 1 amide bonds. The molecule has 1 aromatic rings. The van der Waals surface area contributed by atoms with Crippen molar-refractivity contribution in [1.29, 1.82) is 0 Å². The van der Waals surface area contributed by atoms with Crippen molar-refractivity contribution in [2.75, 3.05) is 6.54 Å². The molecule has 0 aliphatic heterocycles. The number of hydrogen-bond donors (Lipinski definition) is 1. The van der Waals surface area contributed by atoms with Crippen molar-refractivity contribution in [3.8, 4) is 0 Å². The Bertz CT molecular complexity index is 499. The fourth-order valence-corrected chi connectivity index (χ4v) is 2.40. The third kappa shape index (κ3) is 3.35. The largest absolute Gasteiger partial charge is 0.481 e. The third-order valence-corrected chi connectivity index (χ3v) is 3.94. The minimum absolute atomic E-state index is 0.0944. The van der Waals surface area contributed by atoms with E-state index in [9.17, 15) is 9.59 Å². The number of benzene rings is 1. The number of carboxylic acid groups (broad SMARTS) is 1. The lowest BCUT2D eigenvalue weighted by Gasteiger charge is -2.24. The first-order valence-corrected chi connectivity index (χ1v) is 7.08. The maximum absolute atomic E-state index is 12.5. The van der Waals surface area contributed by atoms with Crippen LogP contribution in [0.25, 0.3) is 0 Å². The van der Waals surface area contributed by atoms with Gasteiger partial charge in [-0.15, -0.1) is 0 Å². The Labute approximate surface area is 120 Å². The highest BCUT2D eigenvalue weighted by molar-refractivity contribution is 9.10. The molecule has 1 N–H and O–H groups in total. The number of halogens is 1. The van der Waals surface area contributed by atoms with Crippen LogP contribution in [-0.2, 0) is 4.79 Å². The molecule has 0 spiro atoms. The van der Waals surface area contributed by atoms with E-state index < -0.39 is 11.9 Å². The monoisotopic (exact) mass is 325 g/mol. The van der Waals surface area contributed by atoms with E-state index in [0.29, 0.717) is 5.56 Å². The second kappa shape index (κ2) is 5.74. The summed E-state index contributed by atoms with van der Waals surface area (Å²) in [6.45, 7) is 1.89. The Kier molecular flexibility index (Phi) is 4.24. The molecule has 0 heterocycles. The van der Waals surface area contributed by atoms with E-state index in [2.05, 4.69) is 15.9 Å². The third-order valence-electron chi connectivity index (χ3n) is 3.24. The molecule has 1 fully saturated rings. The standard InChI is InChI=1S/C14H16BrNO3/c1-9(14(18)19)8-16(10-6-7-10)13(17)11-4-2-3-5-12(11)15/h2-5,9-10H,6-8H2,1H3,(H,18,19). The van der Waals surface area contributed by atoms with Gasteiger partial charge < -0.3 is 10.0 Å². The van der Waals surface area contributed by atoms with Gasteiger partial charge in [-0.3, -0.25) is 9.59 Å². The van der Waals surface area contributed by atoms with Crippen molar-refractivity contribution >= 4 is 27.8 Å². The van der Waals surface area contributed by atoms with Crippen LogP contribution in [0.5, 0.6) is 0 Å². The van der Waals surface area contributed by atoms with Gasteiger partial charge in [-0.25, -0.2) is 0 Å². The summed E-state index contributed by atoms with van der Waals surface area (Å²) in [5.41, 5.74) is 0.590. The molecule has 1 aliphatic rings. The molecule has 102 valence electrons. The van der Waals surface area contributed by atoms with Gasteiger partial charge in [0.15, 0.2) is 0 Å². The highest BCUT2D eigenvalue weighted by Gasteiger charge is 2.35. The van der Waals surface area contributed by atoms with E-state index >= 15 is 0 Å². The summed E-state index contributed by atoms with van der Waals surface area (Å²) in [5.74, 6) is -1.51. The molecule has 5 heteroatoms. The Morgan fingerprint density at radius 2 is 2.05 bits per heavy atom. The van der Waals surface area contributed by atoms with Gasteiger partial charge in [0.2, 0.25) is 0 Å². The zero-order chi connectivity index (χ0) is 14.0. The summed E-state index contributed by atoms with van der Waals surface area (Å²) in [6, 6.07) is 7.43. The number of carbonyl (C=O) groups excluding carboxylic acids is 1. The molecule has 0 saturated heterocycles. The van der Waals surface area contributed by atoms with E-state index in [0.717, 1.165) is 17.3 Å². The van der Waals surface area contributed by atoms with Gasteiger partial charge in [0.25, 0.3) is 5.91 Å². The molecule has 1 saturated carbocycles. The van der Waals surface area contributed by atoms with Crippen LogP contribution in [0.15, 0.2) is 28.7 Å². The first-order chi connectivity index (χ1) is 9.00. The van der Waals surface area contributed by atoms with Gasteiger partial charge in [-0.05, 0) is 40.9 Å². The highest BCUT2D eigenvalue weighted by atomic mass is 79.9. The van der Waals surface area contributed by atoms with E-state index in [1.54, 1.807) is 17.9 Å². The van der Waals surface area contributed by atoms with Crippen molar-refractivity contribution in [2.24, 2.45) is 5.92 Å². The number of nitrogens with zero attached hydrogens (tertiary/aromatic N) is 1. The van der Waals surface area contributed by atoms with E-state index in [-0.39, 0.29) is 18.5 Å². The molecule has 1 aromatic carbocycles. The zero-order valence-electron chi connectivity index (χ0n) is 10.7. The first-order valence-electron chi connectivity index (χ1n) is 6.29. The smallest absolute Gasteiger partial charge is 0.308 e. The lowest BCUT2D eigenvalue weighted by Crippen LogP contribution is -2.38. The fourth-order valence-electron chi connectivity index (χ4n) is 1.95. The fraction of sp³-hybridized carbons (Fsp3) is 0.429. The molecule has 2 rings (SSSR count). The maximum Gasteiger partial charge on any atom is 0.308 e. The molecular weight excluding hydrogens is 310 g/mol. The topological polar surface area (TPSA) is 57.6 Å². The summed E-state index contributed by atoms with van der Waals surface area (Å²) >= 11 is 3.37. The average molecular weight is 326 g/mol. The van der Waals surface area contributed by atoms with Crippen LogP contribution in [0.4, 0.5) is 0 Å². The molecule has 4 nitrogen and oxygen atoms in total. The number of carboxylic acids is 1. The van der Waals surface area contributed by atoms with Crippen LogP contribution < -0.4 is 0 Å². The Morgan fingerprint density at radius 1 is 1.42 bits per heavy atom. The van der Waals surface area contributed by atoms with Gasteiger partial charge >= 0.3 is 5.97 Å². The molecule has 0 bridgehead atoms. The molecular formula is C14H16BrNO3. The van der Waals surface area contributed by atoms with Crippen LogP contribution in [0, 0.1) is 5.92 Å². The highest BCUT2D eigenvalue weighted by Crippen LogP contribution is 2.30. The van der Waals surface area contributed by atoms with Gasteiger partial charge in [-0.2, -0.15) is 0 Å². The Morgan fingerprint density at radius 3 is 2.58 bits per heavy atom. The van der Waals surface area contributed by atoms with Crippen molar-refractivity contribution in [2.45, 2.75) is 25.8 Å². The molecule has 1 aliphatic carbocycles. The van der Waals surface area contributed by atoms with Gasteiger partial charge in [0.1, 0.15) is 0 Å². The zero-order valence-corrected chi connectivity index (χ0v) is 12.3. The summed E-state index contributed by atoms with van der Waals surface area (Å²) in [5, 5.41) is 8.99. The summed E-state index contributed by atoms with van der Waals surface area (Å²) in [7, 11) is 0. The summed E-state index contributed by atoms with van der Waals surface area (Å²) in [6.07, 6.45) is 1.92. The average Bonchev–Trinajstić information content (AvgIpc) is 3.19. The molecule has 1 unspecified atom stereocenters. The first kappa shape index (κ1) is 14.1.